The van der Waals surface area contributed by atoms with Crippen LogP contribution in [0.5, 0.6) is 0 Å². The summed E-state index contributed by atoms with van der Waals surface area (Å²) < 4.78 is 4.94. The fourth-order valence-electron chi connectivity index (χ4n) is 1.01. The van der Waals surface area contributed by atoms with Crippen molar-refractivity contribution in [2.45, 2.75) is 31.7 Å². The molecular weight excluding hydrogens is 120 g/mol. The first kappa shape index (κ1) is 6.99. The van der Waals surface area contributed by atoms with E-state index in [1.54, 1.807) is 0 Å². The maximum Gasteiger partial charge on any atom is 0.155 e. The number of aliphatic hydroxyl groups is 2. The van der Waals surface area contributed by atoms with Crippen molar-refractivity contribution in [2.24, 2.45) is 0 Å². The van der Waals surface area contributed by atoms with Gasteiger partial charge in [0.15, 0.2) is 6.29 Å². The lowest BCUT2D eigenvalue weighted by molar-refractivity contribution is -0.172. The summed E-state index contributed by atoms with van der Waals surface area (Å²) in [4.78, 5) is 0. The molecule has 54 valence electrons. The standard InChI is InChI=1S/C6H12O3/c7-4-5-2-1-3-6(8)9-5/h5-8H,1-4H2/t5-,6+/m0/s1. The van der Waals surface area contributed by atoms with Gasteiger partial charge in [0.2, 0.25) is 0 Å². The van der Waals surface area contributed by atoms with E-state index < -0.39 is 6.29 Å². The van der Waals surface area contributed by atoms with E-state index in [9.17, 15) is 0 Å². The van der Waals surface area contributed by atoms with Gasteiger partial charge in [0, 0.05) is 0 Å². The molecule has 0 aromatic carbocycles. The van der Waals surface area contributed by atoms with Crippen molar-refractivity contribution in [3.05, 3.63) is 0 Å². The predicted octanol–water partition coefficient (Wildman–Crippen LogP) is -0.134. The molecule has 1 saturated heterocycles. The lowest BCUT2D eigenvalue weighted by Gasteiger charge is -2.24. The molecule has 2 N–H and O–H groups in total. The van der Waals surface area contributed by atoms with Gasteiger partial charge >= 0.3 is 0 Å². The van der Waals surface area contributed by atoms with Crippen LogP contribution in [0.2, 0.25) is 0 Å². The van der Waals surface area contributed by atoms with Crippen LogP contribution in [-0.4, -0.2) is 29.2 Å². The molecule has 1 aliphatic heterocycles. The molecule has 0 aromatic rings. The summed E-state index contributed by atoms with van der Waals surface area (Å²) >= 11 is 0. The molecule has 0 saturated carbocycles. The maximum absolute atomic E-state index is 8.88. The second-order valence-electron chi connectivity index (χ2n) is 2.33. The molecule has 0 radical (unpaired) electrons. The van der Waals surface area contributed by atoms with Crippen molar-refractivity contribution < 1.29 is 14.9 Å². The van der Waals surface area contributed by atoms with Crippen LogP contribution < -0.4 is 0 Å². The predicted molar refractivity (Wildman–Crippen MR) is 31.8 cm³/mol. The van der Waals surface area contributed by atoms with Crippen LogP contribution in [0, 0.1) is 0 Å². The Bertz CT molecular complexity index is 84.4. The summed E-state index contributed by atoms with van der Waals surface area (Å²) in [6, 6.07) is 0. The molecule has 1 heterocycles. The second kappa shape index (κ2) is 3.15. The Morgan fingerprint density at radius 1 is 1.44 bits per heavy atom. The summed E-state index contributed by atoms with van der Waals surface area (Å²) in [5.41, 5.74) is 0. The van der Waals surface area contributed by atoms with E-state index in [0.717, 1.165) is 12.8 Å². The minimum Gasteiger partial charge on any atom is -0.394 e. The zero-order valence-electron chi connectivity index (χ0n) is 5.29. The summed E-state index contributed by atoms with van der Waals surface area (Å²) in [6.45, 7) is 0.0249. The van der Waals surface area contributed by atoms with Gasteiger partial charge in [-0.1, -0.05) is 0 Å². The van der Waals surface area contributed by atoms with Gasteiger partial charge in [0.1, 0.15) is 0 Å². The number of hydrogen-bond donors (Lipinski definition) is 2. The van der Waals surface area contributed by atoms with Crippen LogP contribution in [0.15, 0.2) is 0 Å². The smallest absolute Gasteiger partial charge is 0.155 e. The molecule has 3 heteroatoms. The van der Waals surface area contributed by atoms with Crippen LogP contribution in [0.4, 0.5) is 0 Å². The molecule has 0 aromatic heterocycles. The van der Waals surface area contributed by atoms with E-state index in [0.29, 0.717) is 6.42 Å². The van der Waals surface area contributed by atoms with Gasteiger partial charge < -0.3 is 14.9 Å². The van der Waals surface area contributed by atoms with Gasteiger partial charge in [-0.3, -0.25) is 0 Å². The van der Waals surface area contributed by atoms with Crippen molar-refractivity contribution in [1.82, 2.24) is 0 Å². The SMILES string of the molecule is OC[C@@H]1CCC[C@H](O)O1. The largest absolute Gasteiger partial charge is 0.394 e. The third-order valence-electron chi connectivity index (χ3n) is 1.53. The Morgan fingerprint density at radius 3 is 2.67 bits per heavy atom. The highest BCUT2D eigenvalue weighted by molar-refractivity contribution is 4.63. The van der Waals surface area contributed by atoms with E-state index in [4.69, 9.17) is 14.9 Å². The zero-order chi connectivity index (χ0) is 6.69. The molecule has 0 amide bonds. The van der Waals surface area contributed by atoms with E-state index >= 15 is 0 Å². The number of ether oxygens (including phenoxy) is 1. The fourth-order valence-corrected chi connectivity index (χ4v) is 1.01. The Labute approximate surface area is 54.3 Å². The highest BCUT2D eigenvalue weighted by Gasteiger charge is 2.18. The Kier molecular flexibility index (Phi) is 2.45. The normalized spacial score (nSPS) is 36.7. The minimum atomic E-state index is -0.643. The Morgan fingerprint density at radius 2 is 2.22 bits per heavy atom. The van der Waals surface area contributed by atoms with E-state index in [2.05, 4.69) is 0 Å². The summed E-state index contributed by atoms with van der Waals surface area (Å²) in [7, 11) is 0. The molecule has 1 rings (SSSR count). The van der Waals surface area contributed by atoms with Gasteiger partial charge in [0.05, 0.1) is 12.7 Å². The van der Waals surface area contributed by atoms with Crippen molar-refractivity contribution in [3.8, 4) is 0 Å². The van der Waals surface area contributed by atoms with Crippen LogP contribution in [0.1, 0.15) is 19.3 Å². The first-order valence-corrected chi connectivity index (χ1v) is 3.27. The van der Waals surface area contributed by atoms with Crippen molar-refractivity contribution >= 4 is 0 Å². The monoisotopic (exact) mass is 132 g/mol. The van der Waals surface area contributed by atoms with Crippen molar-refractivity contribution in [3.63, 3.8) is 0 Å². The van der Waals surface area contributed by atoms with Crippen molar-refractivity contribution in [2.75, 3.05) is 6.61 Å². The van der Waals surface area contributed by atoms with E-state index in [1.165, 1.54) is 0 Å². The van der Waals surface area contributed by atoms with E-state index in [1.807, 2.05) is 0 Å². The quantitative estimate of drug-likeness (QED) is 0.522. The summed E-state index contributed by atoms with van der Waals surface area (Å²) in [5, 5.41) is 17.5. The second-order valence-corrected chi connectivity index (χ2v) is 2.33. The molecule has 0 aliphatic carbocycles. The van der Waals surface area contributed by atoms with Gasteiger partial charge in [-0.15, -0.1) is 0 Å². The average molecular weight is 132 g/mol. The molecule has 0 bridgehead atoms. The van der Waals surface area contributed by atoms with Gasteiger partial charge in [-0.25, -0.2) is 0 Å². The molecular formula is C6H12O3. The van der Waals surface area contributed by atoms with Crippen LogP contribution in [0.3, 0.4) is 0 Å². The number of hydrogen-bond acceptors (Lipinski definition) is 3. The molecule has 9 heavy (non-hydrogen) atoms. The lowest BCUT2D eigenvalue weighted by atomic mass is 10.1. The topological polar surface area (TPSA) is 49.7 Å². The molecule has 1 aliphatic rings. The third kappa shape index (κ3) is 1.93. The lowest BCUT2D eigenvalue weighted by Crippen LogP contribution is -2.29. The van der Waals surface area contributed by atoms with E-state index in [-0.39, 0.29) is 12.7 Å². The molecule has 3 nitrogen and oxygen atoms in total. The van der Waals surface area contributed by atoms with Crippen LogP contribution in [0.25, 0.3) is 0 Å². The first-order valence-electron chi connectivity index (χ1n) is 3.27. The first-order chi connectivity index (χ1) is 4.33. The minimum absolute atomic E-state index is 0.0249. The summed E-state index contributed by atoms with van der Waals surface area (Å²) in [6.07, 6.45) is 1.75. The Balaban J connectivity index is 2.23. The molecule has 1 fully saturated rings. The zero-order valence-corrected chi connectivity index (χ0v) is 5.29. The number of aliphatic hydroxyl groups excluding tert-OH is 2. The van der Waals surface area contributed by atoms with Gasteiger partial charge in [0.25, 0.3) is 0 Å². The third-order valence-corrected chi connectivity index (χ3v) is 1.53. The van der Waals surface area contributed by atoms with Crippen LogP contribution in [-0.2, 0) is 4.74 Å². The Hall–Kier alpha value is -0.120. The van der Waals surface area contributed by atoms with Gasteiger partial charge in [-0.2, -0.15) is 0 Å². The fraction of sp³-hybridized carbons (Fsp3) is 1.00. The van der Waals surface area contributed by atoms with Gasteiger partial charge in [-0.05, 0) is 19.3 Å². The summed E-state index contributed by atoms with van der Waals surface area (Å²) in [5.74, 6) is 0. The van der Waals surface area contributed by atoms with Crippen LogP contribution >= 0.6 is 0 Å². The molecule has 0 unspecified atom stereocenters. The highest BCUT2D eigenvalue weighted by Crippen LogP contribution is 2.16. The maximum atomic E-state index is 8.88. The average Bonchev–Trinajstić information content (AvgIpc) is 1.88. The molecule has 2 atom stereocenters. The number of rotatable bonds is 1. The van der Waals surface area contributed by atoms with Crippen molar-refractivity contribution in [1.29, 1.82) is 0 Å². The highest BCUT2D eigenvalue weighted by atomic mass is 16.6. The molecule has 0 spiro atoms.